The van der Waals surface area contributed by atoms with Gasteiger partial charge in [0.15, 0.2) is 0 Å². The Balaban J connectivity index is 4.74. The first-order valence-electron chi connectivity index (χ1n) is 3.96. The molecule has 0 unspecified atom stereocenters. The van der Waals surface area contributed by atoms with E-state index in [1.807, 2.05) is 0 Å². The molecule has 0 heterocycles. The number of hydrogen-bond acceptors (Lipinski definition) is 7. The molecule has 0 aliphatic carbocycles. The Morgan fingerprint density at radius 3 is 1.20 bits per heavy atom. The van der Waals surface area contributed by atoms with E-state index in [2.05, 4.69) is 7.11 Å². The summed E-state index contributed by atoms with van der Waals surface area (Å²) in [5.74, 6) is 0. The van der Waals surface area contributed by atoms with Gasteiger partial charge in [-0.3, -0.25) is 0 Å². The minimum absolute atomic E-state index is 1.38. The second-order valence-corrected chi connectivity index (χ2v) is 7.41. The normalized spacial score (nSPS) is 13.1. The van der Waals surface area contributed by atoms with Crippen molar-refractivity contribution < 1.29 is 30.7 Å². The van der Waals surface area contributed by atoms with E-state index in [0.29, 0.717) is 0 Å². The summed E-state index contributed by atoms with van der Waals surface area (Å²) < 4.78 is 35.3. The SMILES string of the molecule is [CH2+]O[Si](OC)(OC)O[Si](OC)(OC)OC. The molecule has 0 aliphatic heterocycles. The lowest BCUT2D eigenvalue weighted by Gasteiger charge is -2.28. The van der Waals surface area contributed by atoms with Gasteiger partial charge in [0.05, 0.1) is 0 Å². The summed E-state index contributed by atoms with van der Waals surface area (Å²) in [5, 5.41) is 0. The minimum atomic E-state index is -3.34. The Kier molecular flexibility index (Phi) is 6.58. The summed E-state index contributed by atoms with van der Waals surface area (Å²) in [6, 6.07) is 0. The van der Waals surface area contributed by atoms with Gasteiger partial charge in [-0.25, -0.2) is 0 Å². The van der Waals surface area contributed by atoms with Crippen molar-refractivity contribution in [1.82, 2.24) is 0 Å². The third-order valence-corrected chi connectivity index (χ3v) is 6.53. The standard InChI is InChI=1S/C6H17O7Si2/c1-7-14(8-2,9-3)13-15(10-4,11-5)12-6/h1H2,2-6H3/q+1. The van der Waals surface area contributed by atoms with E-state index in [1.165, 1.54) is 35.5 Å². The molecule has 0 aromatic carbocycles. The molecule has 0 aromatic heterocycles. The molecule has 9 heteroatoms. The summed E-state index contributed by atoms with van der Waals surface area (Å²) >= 11 is 0. The molecule has 90 valence electrons. The summed E-state index contributed by atoms with van der Waals surface area (Å²) in [5.41, 5.74) is 0. The maximum Gasteiger partial charge on any atom is 0.715 e. The average molecular weight is 257 g/mol. The van der Waals surface area contributed by atoms with E-state index < -0.39 is 18.1 Å². The maximum atomic E-state index is 5.40. The lowest BCUT2D eigenvalue weighted by molar-refractivity contribution is -0.0203. The quantitative estimate of drug-likeness (QED) is 0.445. The van der Waals surface area contributed by atoms with Crippen molar-refractivity contribution in [3.05, 3.63) is 7.11 Å². The maximum absolute atomic E-state index is 5.40. The van der Waals surface area contributed by atoms with Crippen LogP contribution < -0.4 is 0 Å². The van der Waals surface area contributed by atoms with Crippen LogP contribution in [-0.2, 0) is 30.7 Å². The van der Waals surface area contributed by atoms with Gasteiger partial charge in [-0.1, -0.05) is 0 Å². The van der Waals surface area contributed by atoms with Gasteiger partial charge in [-0.05, 0) is 0 Å². The largest absolute Gasteiger partial charge is 0.715 e. The van der Waals surface area contributed by atoms with Crippen LogP contribution in [0.3, 0.4) is 0 Å². The third-order valence-electron chi connectivity index (χ3n) is 1.68. The van der Waals surface area contributed by atoms with Gasteiger partial charge in [0.2, 0.25) is 7.11 Å². The van der Waals surface area contributed by atoms with Crippen molar-refractivity contribution in [2.75, 3.05) is 35.5 Å². The van der Waals surface area contributed by atoms with Crippen LogP contribution in [0.1, 0.15) is 0 Å². The van der Waals surface area contributed by atoms with Gasteiger partial charge in [0, 0.05) is 35.5 Å². The zero-order valence-corrected chi connectivity index (χ0v) is 11.6. The van der Waals surface area contributed by atoms with Gasteiger partial charge in [-0.15, -0.1) is 0 Å². The molecule has 15 heavy (non-hydrogen) atoms. The third kappa shape index (κ3) is 3.51. The van der Waals surface area contributed by atoms with Crippen LogP contribution in [-0.4, -0.2) is 53.6 Å². The zero-order chi connectivity index (χ0) is 11.9. The second-order valence-electron chi connectivity index (χ2n) is 2.27. The molecule has 0 aromatic rings. The molecule has 0 atom stereocenters. The molecular weight excluding hydrogens is 240 g/mol. The molecule has 0 bridgehead atoms. The van der Waals surface area contributed by atoms with E-state index in [-0.39, 0.29) is 0 Å². The predicted molar refractivity (Wildman–Crippen MR) is 54.1 cm³/mol. The van der Waals surface area contributed by atoms with E-state index in [4.69, 9.17) is 30.7 Å². The molecule has 0 rings (SSSR count). The summed E-state index contributed by atoms with van der Waals surface area (Å²) in [6.45, 7) is 0. The monoisotopic (exact) mass is 257 g/mol. The van der Waals surface area contributed by atoms with Crippen molar-refractivity contribution in [1.29, 1.82) is 0 Å². The van der Waals surface area contributed by atoms with Crippen LogP contribution in [0.4, 0.5) is 0 Å². The highest BCUT2D eigenvalue weighted by atomic mass is 28.5. The van der Waals surface area contributed by atoms with Crippen molar-refractivity contribution in [3.63, 3.8) is 0 Å². The first-order chi connectivity index (χ1) is 7.07. The van der Waals surface area contributed by atoms with Crippen molar-refractivity contribution in [2.45, 2.75) is 0 Å². The molecular formula is C6H17O7Si2+. The lowest BCUT2D eigenvalue weighted by atomic mass is 11.8. The molecule has 0 fully saturated rings. The zero-order valence-electron chi connectivity index (χ0n) is 9.56. The summed E-state index contributed by atoms with van der Waals surface area (Å²) in [4.78, 5) is 0. The Bertz CT molecular complexity index is 136. The van der Waals surface area contributed by atoms with Crippen molar-refractivity contribution >= 4 is 18.1 Å². The molecule has 0 radical (unpaired) electrons. The van der Waals surface area contributed by atoms with E-state index >= 15 is 0 Å². The first kappa shape index (κ1) is 15.0. The highest BCUT2D eigenvalue weighted by Gasteiger charge is 2.59. The van der Waals surface area contributed by atoms with E-state index in [1.54, 1.807) is 0 Å². The molecule has 0 amide bonds. The highest BCUT2D eigenvalue weighted by Crippen LogP contribution is 2.18. The topological polar surface area (TPSA) is 64.6 Å². The van der Waals surface area contributed by atoms with Gasteiger partial charge < -0.3 is 26.2 Å². The number of hydrogen-bond donors (Lipinski definition) is 0. The average Bonchev–Trinajstić information content (AvgIpc) is 2.33. The fourth-order valence-electron chi connectivity index (χ4n) is 0.842. The minimum Gasteiger partial charge on any atom is -0.355 e. The molecule has 0 spiro atoms. The number of rotatable bonds is 8. The van der Waals surface area contributed by atoms with Crippen LogP contribution >= 0.6 is 0 Å². The smallest absolute Gasteiger partial charge is 0.355 e. The molecule has 0 aliphatic rings. The molecule has 0 N–H and O–H groups in total. The first-order valence-corrected chi connectivity index (χ1v) is 7.23. The molecule has 0 saturated carbocycles. The predicted octanol–water partition coefficient (Wildman–Crippen LogP) is -0.0856. The second kappa shape index (κ2) is 6.57. The van der Waals surface area contributed by atoms with Crippen molar-refractivity contribution in [2.24, 2.45) is 0 Å². The Hall–Kier alpha value is 0.0238. The van der Waals surface area contributed by atoms with Crippen LogP contribution in [0.25, 0.3) is 0 Å². The summed E-state index contributed by atoms with van der Waals surface area (Å²) in [7, 11) is 3.56. The Morgan fingerprint density at radius 1 is 0.667 bits per heavy atom. The van der Waals surface area contributed by atoms with Crippen LogP contribution in [0, 0.1) is 7.11 Å². The van der Waals surface area contributed by atoms with Gasteiger partial charge in [0.25, 0.3) is 0 Å². The fraction of sp³-hybridized carbons (Fsp3) is 0.833. The van der Waals surface area contributed by atoms with Crippen LogP contribution in [0.5, 0.6) is 0 Å². The van der Waals surface area contributed by atoms with Crippen molar-refractivity contribution in [3.8, 4) is 0 Å². The Morgan fingerprint density at radius 2 is 1.00 bits per heavy atom. The van der Waals surface area contributed by atoms with Gasteiger partial charge in [-0.2, -0.15) is 4.43 Å². The van der Waals surface area contributed by atoms with E-state index in [0.717, 1.165) is 0 Å². The van der Waals surface area contributed by atoms with E-state index in [9.17, 15) is 0 Å². The van der Waals surface area contributed by atoms with Crippen LogP contribution in [0.2, 0.25) is 0 Å². The summed E-state index contributed by atoms with van der Waals surface area (Å²) in [6.07, 6.45) is 0. The lowest BCUT2D eigenvalue weighted by Crippen LogP contribution is -2.59. The molecule has 0 saturated heterocycles. The highest BCUT2D eigenvalue weighted by molar-refractivity contribution is 6.68. The Labute approximate surface area is 92.1 Å². The fourth-order valence-corrected chi connectivity index (χ4v) is 4.87. The van der Waals surface area contributed by atoms with Gasteiger partial charge >= 0.3 is 18.1 Å². The van der Waals surface area contributed by atoms with Crippen LogP contribution in [0.15, 0.2) is 0 Å². The van der Waals surface area contributed by atoms with Gasteiger partial charge in [0.1, 0.15) is 0 Å². The molecule has 7 nitrogen and oxygen atoms in total.